The molecule has 8 nitrogen and oxygen atoms in total. The van der Waals surface area contributed by atoms with Gasteiger partial charge in [0.1, 0.15) is 29.9 Å². The van der Waals surface area contributed by atoms with Crippen molar-refractivity contribution in [1.82, 2.24) is 9.88 Å². The van der Waals surface area contributed by atoms with E-state index in [1.54, 1.807) is 55.8 Å². The number of carbonyl (C=O) groups excluding carboxylic acids is 2. The maximum absolute atomic E-state index is 13.3. The van der Waals surface area contributed by atoms with E-state index in [4.69, 9.17) is 9.47 Å². The molecule has 35 heavy (non-hydrogen) atoms. The summed E-state index contributed by atoms with van der Waals surface area (Å²) >= 11 is 0. The van der Waals surface area contributed by atoms with E-state index in [1.807, 2.05) is 30.1 Å². The van der Waals surface area contributed by atoms with Gasteiger partial charge in [-0.3, -0.25) is 14.6 Å². The van der Waals surface area contributed by atoms with Gasteiger partial charge in [0.2, 0.25) is 0 Å². The first-order valence-corrected chi connectivity index (χ1v) is 11.3. The number of amides is 1. The van der Waals surface area contributed by atoms with E-state index in [1.165, 1.54) is 4.90 Å². The Bertz CT molecular complexity index is 1320. The fourth-order valence-corrected chi connectivity index (χ4v) is 4.56. The monoisotopic (exact) mass is 471 g/mol. The Kier molecular flexibility index (Phi) is 5.86. The standard InChI is InChI=1S/C27H25N3O5/c1-29-13-14-35-22-11-10-17(15-20(22)29)25(31)23-24(19-8-5-6-12-28-19)30(27(33)26(23)32)16-18-7-3-4-9-21(18)34-2/h3-12,15,24,31H,13-14,16H2,1-2H3/b25-23-. The predicted octanol–water partition coefficient (Wildman–Crippen LogP) is 3.54. The number of nitrogens with zero attached hydrogens (tertiary/aromatic N) is 3. The van der Waals surface area contributed by atoms with Crippen LogP contribution < -0.4 is 14.4 Å². The van der Waals surface area contributed by atoms with Crippen molar-refractivity contribution in [3.05, 3.63) is 89.3 Å². The van der Waals surface area contributed by atoms with E-state index < -0.39 is 17.7 Å². The molecule has 8 heteroatoms. The fraction of sp³-hybridized carbons (Fsp3) is 0.222. The molecule has 2 aromatic carbocycles. The number of aliphatic hydroxyl groups excluding tert-OH is 1. The number of hydrogen-bond acceptors (Lipinski definition) is 7. The molecule has 1 amide bonds. The number of ketones is 1. The number of aromatic nitrogens is 1. The SMILES string of the molecule is COc1ccccc1CN1C(=O)C(=O)/C(=C(\O)c2ccc3c(c2)N(C)CCO3)C1c1ccccn1. The van der Waals surface area contributed by atoms with Crippen LogP contribution in [0.5, 0.6) is 11.5 Å². The van der Waals surface area contributed by atoms with Crippen molar-refractivity contribution >= 4 is 23.1 Å². The number of rotatable bonds is 5. The van der Waals surface area contributed by atoms with Crippen LogP contribution in [0.3, 0.4) is 0 Å². The van der Waals surface area contributed by atoms with E-state index in [0.717, 1.165) is 11.3 Å². The number of Topliss-reactive ketones (excluding diaryl/α,β-unsaturated/α-hetero) is 1. The van der Waals surface area contributed by atoms with Gasteiger partial charge in [-0.05, 0) is 36.4 Å². The zero-order valence-electron chi connectivity index (χ0n) is 19.5. The van der Waals surface area contributed by atoms with Crippen LogP contribution in [0.4, 0.5) is 5.69 Å². The Hall–Kier alpha value is -4.33. The number of benzene rings is 2. The van der Waals surface area contributed by atoms with Gasteiger partial charge in [0.15, 0.2) is 0 Å². The number of fused-ring (bicyclic) bond motifs is 1. The second-order valence-electron chi connectivity index (χ2n) is 8.45. The molecule has 2 aliphatic heterocycles. The first kappa shape index (κ1) is 22.5. The highest BCUT2D eigenvalue weighted by Gasteiger charge is 2.47. The number of aliphatic hydroxyl groups is 1. The Morgan fingerprint density at radius 3 is 2.71 bits per heavy atom. The second-order valence-corrected chi connectivity index (χ2v) is 8.45. The number of para-hydroxylation sites is 1. The molecule has 178 valence electrons. The van der Waals surface area contributed by atoms with Gasteiger partial charge in [0, 0.05) is 24.4 Å². The van der Waals surface area contributed by atoms with Gasteiger partial charge in [0.05, 0.1) is 37.2 Å². The molecule has 1 saturated heterocycles. The third kappa shape index (κ3) is 3.97. The predicted molar refractivity (Wildman–Crippen MR) is 130 cm³/mol. The summed E-state index contributed by atoms with van der Waals surface area (Å²) in [5.41, 5.74) is 2.46. The Balaban J connectivity index is 1.63. The first-order chi connectivity index (χ1) is 17.0. The summed E-state index contributed by atoms with van der Waals surface area (Å²) in [5, 5.41) is 11.4. The van der Waals surface area contributed by atoms with Crippen molar-refractivity contribution < 1.29 is 24.2 Å². The molecule has 5 rings (SSSR count). The summed E-state index contributed by atoms with van der Waals surface area (Å²) in [4.78, 5) is 34.4. The van der Waals surface area contributed by atoms with Crippen molar-refractivity contribution in [3.8, 4) is 11.5 Å². The molecule has 1 unspecified atom stereocenters. The largest absolute Gasteiger partial charge is 0.507 e. The minimum absolute atomic E-state index is 0.00271. The number of ether oxygens (including phenoxy) is 2. The molecule has 0 aliphatic carbocycles. The number of carbonyl (C=O) groups is 2. The van der Waals surface area contributed by atoms with Crippen LogP contribution in [0.15, 0.2) is 72.4 Å². The van der Waals surface area contributed by atoms with Gasteiger partial charge in [-0.25, -0.2) is 0 Å². The molecule has 3 heterocycles. The van der Waals surface area contributed by atoms with Crippen LogP contribution >= 0.6 is 0 Å². The lowest BCUT2D eigenvalue weighted by atomic mass is 9.97. The van der Waals surface area contributed by atoms with E-state index in [2.05, 4.69) is 4.98 Å². The number of likely N-dealkylation sites (N-methyl/N-ethyl adjacent to an activating group) is 1. The summed E-state index contributed by atoms with van der Waals surface area (Å²) in [7, 11) is 3.49. The molecule has 0 bridgehead atoms. The van der Waals surface area contributed by atoms with Crippen molar-refractivity contribution in [1.29, 1.82) is 0 Å². The normalized spacial score (nSPS) is 18.9. The molecule has 1 aromatic heterocycles. The van der Waals surface area contributed by atoms with Crippen molar-refractivity contribution in [2.24, 2.45) is 0 Å². The molecule has 0 saturated carbocycles. The number of hydrogen-bond donors (Lipinski definition) is 1. The van der Waals surface area contributed by atoms with E-state index in [0.29, 0.717) is 35.9 Å². The van der Waals surface area contributed by atoms with E-state index >= 15 is 0 Å². The Morgan fingerprint density at radius 1 is 1.14 bits per heavy atom. The highest BCUT2D eigenvalue weighted by molar-refractivity contribution is 6.46. The van der Waals surface area contributed by atoms with Crippen LogP contribution in [-0.2, 0) is 16.1 Å². The maximum Gasteiger partial charge on any atom is 0.296 e. The smallest absolute Gasteiger partial charge is 0.296 e. The molecule has 3 aromatic rings. The summed E-state index contributed by atoms with van der Waals surface area (Å²) in [6, 6.07) is 17.0. The summed E-state index contributed by atoms with van der Waals surface area (Å²) in [6.07, 6.45) is 1.60. The van der Waals surface area contributed by atoms with Crippen LogP contribution in [0, 0.1) is 0 Å². The number of likely N-dealkylation sites (tertiary alicyclic amines) is 1. The average Bonchev–Trinajstić information content (AvgIpc) is 3.14. The van der Waals surface area contributed by atoms with Crippen LogP contribution in [0.2, 0.25) is 0 Å². The topological polar surface area (TPSA) is 92.2 Å². The molecule has 1 N–H and O–H groups in total. The van der Waals surface area contributed by atoms with E-state index in [-0.39, 0.29) is 17.9 Å². The minimum atomic E-state index is -0.855. The fourth-order valence-electron chi connectivity index (χ4n) is 4.56. The Morgan fingerprint density at radius 2 is 1.94 bits per heavy atom. The summed E-state index contributed by atoms with van der Waals surface area (Å²) in [5.74, 6) is -0.398. The molecule has 1 atom stereocenters. The van der Waals surface area contributed by atoms with Crippen LogP contribution in [0.25, 0.3) is 5.76 Å². The van der Waals surface area contributed by atoms with Crippen molar-refractivity contribution in [2.45, 2.75) is 12.6 Å². The molecular weight excluding hydrogens is 446 g/mol. The van der Waals surface area contributed by atoms with Crippen molar-refractivity contribution in [3.63, 3.8) is 0 Å². The third-order valence-electron chi connectivity index (χ3n) is 6.37. The van der Waals surface area contributed by atoms with Gasteiger partial charge in [-0.1, -0.05) is 24.3 Å². The van der Waals surface area contributed by atoms with Crippen LogP contribution in [0.1, 0.15) is 22.9 Å². The Labute approximate surface area is 203 Å². The molecule has 0 spiro atoms. The highest BCUT2D eigenvalue weighted by atomic mass is 16.5. The number of pyridine rings is 1. The first-order valence-electron chi connectivity index (χ1n) is 11.3. The molecule has 0 radical (unpaired) electrons. The van der Waals surface area contributed by atoms with Gasteiger partial charge < -0.3 is 24.4 Å². The zero-order chi connectivity index (χ0) is 24.5. The molecule has 1 fully saturated rings. The van der Waals surface area contributed by atoms with Gasteiger partial charge in [-0.15, -0.1) is 0 Å². The summed E-state index contributed by atoms with van der Waals surface area (Å²) in [6.45, 7) is 1.39. The second kappa shape index (κ2) is 9.13. The number of anilines is 1. The van der Waals surface area contributed by atoms with Gasteiger partial charge in [0.25, 0.3) is 11.7 Å². The van der Waals surface area contributed by atoms with Gasteiger partial charge in [-0.2, -0.15) is 0 Å². The van der Waals surface area contributed by atoms with E-state index in [9.17, 15) is 14.7 Å². The zero-order valence-corrected chi connectivity index (χ0v) is 19.5. The lowest BCUT2D eigenvalue weighted by Crippen LogP contribution is -2.29. The molecule has 2 aliphatic rings. The van der Waals surface area contributed by atoms with Crippen LogP contribution in [-0.4, -0.2) is 54.0 Å². The molecular formula is C27H25N3O5. The lowest BCUT2D eigenvalue weighted by molar-refractivity contribution is -0.140. The minimum Gasteiger partial charge on any atom is -0.507 e. The third-order valence-corrected chi connectivity index (χ3v) is 6.37. The number of methoxy groups -OCH3 is 1. The maximum atomic E-state index is 13.3. The quantitative estimate of drug-likeness (QED) is 0.346. The summed E-state index contributed by atoms with van der Waals surface area (Å²) < 4.78 is 11.1. The van der Waals surface area contributed by atoms with Gasteiger partial charge >= 0.3 is 0 Å². The highest BCUT2D eigenvalue weighted by Crippen LogP contribution is 2.41. The van der Waals surface area contributed by atoms with Crippen molar-refractivity contribution in [2.75, 3.05) is 32.2 Å². The lowest BCUT2D eigenvalue weighted by Gasteiger charge is -2.28. The average molecular weight is 472 g/mol.